The predicted molar refractivity (Wildman–Crippen MR) is 105 cm³/mol. The minimum atomic E-state index is -0.670. The highest BCUT2D eigenvalue weighted by molar-refractivity contribution is 6.24. The Morgan fingerprint density at radius 3 is 2.25 bits per heavy atom. The van der Waals surface area contributed by atoms with Gasteiger partial charge in [0.25, 0.3) is 0 Å². The van der Waals surface area contributed by atoms with E-state index in [2.05, 4.69) is 0 Å². The van der Waals surface area contributed by atoms with Crippen molar-refractivity contribution in [3.8, 4) is 11.5 Å². The number of allylic oxidation sites excluding steroid dienone is 3. The SMILES string of the molecule is CCCC(=O)O[C@H](CC=C(C)C)c1cc(OC)c2c(c1OC)C(=O)C=CC2=O. The van der Waals surface area contributed by atoms with Crippen molar-refractivity contribution in [2.45, 2.75) is 46.1 Å². The molecule has 0 spiro atoms. The number of hydrogen-bond donors (Lipinski definition) is 0. The van der Waals surface area contributed by atoms with E-state index in [0.29, 0.717) is 18.4 Å². The van der Waals surface area contributed by atoms with Gasteiger partial charge in [0.2, 0.25) is 0 Å². The molecule has 6 heteroatoms. The maximum absolute atomic E-state index is 12.6. The number of carbonyl (C=O) groups excluding carboxylic acids is 3. The fourth-order valence-corrected chi connectivity index (χ4v) is 3.08. The molecule has 0 saturated carbocycles. The molecule has 2 rings (SSSR count). The van der Waals surface area contributed by atoms with Gasteiger partial charge in [0.15, 0.2) is 11.6 Å². The van der Waals surface area contributed by atoms with Crippen LogP contribution in [-0.2, 0) is 9.53 Å². The second kappa shape index (κ2) is 9.35. The maximum atomic E-state index is 12.6. The fraction of sp³-hybridized carbons (Fsp3) is 0.409. The van der Waals surface area contributed by atoms with Gasteiger partial charge in [-0.1, -0.05) is 18.6 Å². The molecule has 0 radical (unpaired) electrons. The zero-order chi connectivity index (χ0) is 20.8. The van der Waals surface area contributed by atoms with E-state index in [-0.39, 0.29) is 46.6 Å². The topological polar surface area (TPSA) is 78.9 Å². The number of hydrogen-bond acceptors (Lipinski definition) is 6. The highest BCUT2D eigenvalue weighted by Gasteiger charge is 2.32. The molecule has 0 amide bonds. The monoisotopic (exact) mass is 386 g/mol. The lowest BCUT2D eigenvalue weighted by Crippen LogP contribution is -2.18. The van der Waals surface area contributed by atoms with E-state index in [1.165, 1.54) is 26.4 Å². The smallest absolute Gasteiger partial charge is 0.306 e. The summed E-state index contributed by atoms with van der Waals surface area (Å²) in [6.07, 6.45) is 5.07. The molecular weight excluding hydrogens is 360 g/mol. The Bertz CT molecular complexity index is 843. The molecule has 1 atom stereocenters. The molecule has 1 aliphatic carbocycles. The third kappa shape index (κ3) is 4.50. The van der Waals surface area contributed by atoms with Crippen LogP contribution in [0.5, 0.6) is 11.5 Å². The fourth-order valence-electron chi connectivity index (χ4n) is 3.08. The third-order valence-corrected chi connectivity index (χ3v) is 4.39. The summed E-state index contributed by atoms with van der Waals surface area (Å²) in [6, 6.07) is 1.62. The number of fused-ring (bicyclic) bond motifs is 1. The molecule has 0 fully saturated rings. The van der Waals surface area contributed by atoms with Crippen LogP contribution in [0, 0.1) is 0 Å². The van der Waals surface area contributed by atoms with Crippen molar-refractivity contribution in [1.82, 2.24) is 0 Å². The molecule has 150 valence electrons. The third-order valence-electron chi connectivity index (χ3n) is 4.39. The highest BCUT2D eigenvalue weighted by Crippen LogP contribution is 2.42. The molecule has 0 N–H and O–H groups in total. The quantitative estimate of drug-likeness (QED) is 0.487. The number of methoxy groups -OCH3 is 2. The summed E-state index contributed by atoms with van der Waals surface area (Å²) in [7, 11) is 2.85. The van der Waals surface area contributed by atoms with Crippen molar-refractivity contribution in [3.05, 3.63) is 46.6 Å². The second-order valence-corrected chi connectivity index (χ2v) is 6.76. The lowest BCUT2D eigenvalue weighted by Gasteiger charge is -2.24. The van der Waals surface area contributed by atoms with Gasteiger partial charge < -0.3 is 14.2 Å². The van der Waals surface area contributed by atoms with Crippen LogP contribution in [-0.4, -0.2) is 31.8 Å². The number of carbonyl (C=O) groups is 3. The Morgan fingerprint density at radius 1 is 1.07 bits per heavy atom. The Morgan fingerprint density at radius 2 is 1.71 bits per heavy atom. The van der Waals surface area contributed by atoms with Gasteiger partial charge in [-0.2, -0.15) is 0 Å². The van der Waals surface area contributed by atoms with Crippen molar-refractivity contribution in [2.24, 2.45) is 0 Å². The number of esters is 1. The molecule has 0 unspecified atom stereocenters. The van der Waals surface area contributed by atoms with E-state index >= 15 is 0 Å². The summed E-state index contributed by atoms with van der Waals surface area (Å²) in [5.41, 5.74) is 1.86. The van der Waals surface area contributed by atoms with Crippen LogP contribution >= 0.6 is 0 Å². The highest BCUT2D eigenvalue weighted by atomic mass is 16.5. The zero-order valence-corrected chi connectivity index (χ0v) is 17.0. The molecule has 0 saturated heterocycles. The summed E-state index contributed by atoms with van der Waals surface area (Å²) in [5.74, 6) is -0.541. The molecule has 1 aliphatic rings. The standard InChI is InChI=1S/C22H26O6/c1-6-7-19(25)28-17(11-8-13(2)3)14-12-18(26-4)20-15(23)9-10-16(24)21(20)22(14)27-5/h8-10,12,17H,6-7,11H2,1-5H3/t17-/m1/s1. The first-order valence-corrected chi connectivity index (χ1v) is 9.22. The zero-order valence-electron chi connectivity index (χ0n) is 17.0. The van der Waals surface area contributed by atoms with Crippen LogP contribution in [0.2, 0.25) is 0 Å². The van der Waals surface area contributed by atoms with Crippen molar-refractivity contribution in [2.75, 3.05) is 14.2 Å². The number of ether oxygens (including phenoxy) is 3. The van der Waals surface area contributed by atoms with Gasteiger partial charge in [0.1, 0.15) is 17.6 Å². The van der Waals surface area contributed by atoms with Crippen LogP contribution in [0.4, 0.5) is 0 Å². The molecule has 0 aliphatic heterocycles. The van der Waals surface area contributed by atoms with E-state index in [4.69, 9.17) is 14.2 Å². The van der Waals surface area contributed by atoms with Crippen LogP contribution in [0.15, 0.2) is 29.9 Å². The Labute approximate surface area is 165 Å². The lowest BCUT2D eigenvalue weighted by molar-refractivity contribution is -0.149. The number of benzene rings is 1. The van der Waals surface area contributed by atoms with E-state index in [9.17, 15) is 14.4 Å². The molecule has 1 aromatic rings. The van der Waals surface area contributed by atoms with Gasteiger partial charge in [-0.15, -0.1) is 0 Å². The Hall–Kier alpha value is -2.89. The van der Waals surface area contributed by atoms with Gasteiger partial charge in [0, 0.05) is 18.4 Å². The van der Waals surface area contributed by atoms with E-state index in [1.807, 2.05) is 26.8 Å². The minimum absolute atomic E-state index is 0.137. The normalized spacial score (nSPS) is 13.6. The first kappa shape index (κ1) is 21.4. The molecule has 6 nitrogen and oxygen atoms in total. The summed E-state index contributed by atoms with van der Waals surface area (Å²) >= 11 is 0. The summed E-state index contributed by atoms with van der Waals surface area (Å²) in [5, 5.41) is 0. The second-order valence-electron chi connectivity index (χ2n) is 6.76. The Balaban J connectivity index is 2.67. The number of rotatable bonds is 8. The van der Waals surface area contributed by atoms with Crippen molar-refractivity contribution in [1.29, 1.82) is 0 Å². The van der Waals surface area contributed by atoms with E-state index in [0.717, 1.165) is 5.57 Å². The average Bonchev–Trinajstić information content (AvgIpc) is 2.66. The first-order valence-electron chi connectivity index (χ1n) is 9.22. The van der Waals surface area contributed by atoms with Gasteiger partial charge >= 0.3 is 5.97 Å². The predicted octanol–water partition coefficient (Wildman–Crippen LogP) is 4.38. The van der Waals surface area contributed by atoms with Crippen molar-refractivity contribution < 1.29 is 28.6 Å². The molecule has 0 bridgehead atoms. The first-order chi connectivity index (χ1) is 13.3. The summed E-state index contributed by atoms with van der Waals surface area (Å²) in [4.78, 5) is 37.1. The largest absolute Gasteiger partial charge is 0.496 e. The van der Waals surface area contributed by atoms with Gasteiger partial charge in [0.05, 0.1) is 25.3 Å². The molecule has 1 aromatic carbocycles. The van der Waals surface area contributed by atoms with Crippen LogP contribution in [0.25, 0.3) is 0 Å². The van der Waals surface area contributed by atoms with Crippen molar-refractivity contribution >= 4 is 17.5 Å². The van der Waals surface area contributed by atoms with Gasteiger partial charge in [-0.3, -0.25) is 14.4 Å². The number of ketones is 2. The Kier molecular flexibility index (Phi) is 7.15. The van der Waals surface area contributed by atoms with Crippen LogP contribution < -0.4 is 9.47 Å². The summed E-state index contributed by atoms with van der Waals surface area (Å²) < 4.78 is 16.6. The van der Waals surface area contributed by atoms with E-state index < -0.39 is 6.10 Å². The van der Waals surface area contributed by atoms with Gasteiger partial charge in [-0.05, 0) is 38.5 Å². The molecule has 28 heavy (non-hydrogen) atoms. The van der Waals surface area contributed by atoms with Crippen LogP contribution in [0.1, 0.15) is 72.4 Å². The van der Waals surface area contributed by atoms with E-state index in [1.54, 1.807) is 6.07 Å². The maximum Gasteiger partial charge on any atom is 0.306 e. The lowest BCUT2D eigenvalue weighted by atomic mass is 9.88. The molecular formula is C22H26O6. The molecule has 0 heterocycles. The van der Waals surface area contributed by atoms with Crippen LogP contribution in [0.3, 0.4) is 0 Å². The van der Waals surface area contributed by atoms with Gasteiger partial charge in [-0.25, -0.2) is 0 Å². The molecule has 0 aromatic heterocycles. The summed E-state index contributed by atoms with van der Waals surface area (Å²) in [6.45, 7) is 5.79. The average molecular weight is 386 g/mol. The van der Waals surface area contributed by atoms with Crippen molar-refractivity contribution in [3.63, 3.8) is 0 Å². The minimum Gasteiger partial charge on any atom is -0.496 e.